The minimum atomic E-state index is -0.354. The van der Waals surface area contributed by atoms with Crippen LogP contribution in [0.3, 0.4) is 0 Å². The summed E-state index contributed by atoms with van der Waals surface area (Å²) in [6.45, 7) is 4.16. The van der Waals surface area contributed by atoms with Crippen LogP contribution in [0.1, 0.15) is 24.8 Å². The smallest absolute Gasteiger partial charge is 0.319 e. The van der Waals surface area contributed by atoms with Crippen molar-refractivity contribution in [3.05, 3.63) is 35.6 Å². The molecule has 30 heavy (non-hydrogen) atoms. The number of ether oxygens (including phenoxy) is 1. The molecule has 0 bridgehead atoms. The fraction of sp³-hybridized carbons (Fsp3) is 0.636. The van der Waals surface area contributed by atoms with Crippen LogP contribution >= 0.6 is 0 Å². The molecule has 2 saturated heterocycles. The van der Waals surface area contributed by atoms with Crippen molar-refractivity contribution >= 4 is 11.9 Å². The van der Waals surface area contributed by atoms with Crippen LogP contribution in [0.25, 0.3) is 0 Å². The standard InChI is InChI=1S/C22H33FN4O3/c1-25(2)22(29)26-11-7-19(16-26)27(18-8-13-30-14-9-18)12-10-24-21(28)15-17-5-3-4-6-20(17)23/h3-6,18-19H,7-16H2,1-2H3,(H,24,28). The molecular formula is C22H33FN4O3. The van der Waals surface area contributed by atoms with Crippen LogP contribution in [0.4, 0.5) is 9.18 Å². The summed E-state index contributed by atoms with van der Waals surface area (Å²) in [4.78, 5) is 30.6. The van der Waals surface area contributed by atoms with Gasteiger partial charge in [-0.3, -0.25) is 9.69 Å². The molecule has 1 unspecified atom stereocenters. The Kier molecular flexibility index (Phi) is 8.04. The second-order valence-corrected chi connectivity index (χ2v) is 8.27. The predicted molar refractivity (Wildman–Crippen MR) is 113 cm³/mol. The largest absolute Gasteiger partial charge is 0.381 e. The molecule has 2 fully saturated rings. The first-order valence-corrected chi connectivity index (χ1v) is 10.8. The zero-order chi connectivity index (χ0) is 21.5. The molecule has 0 spiro atoms. The van der Waals surface area contributed by atoms with Gasteiger partial charge >= 0.3 is 6.03 Å². The molecule has 2 heterocycles. The van der Waals surface area contributed by atoms with Crippen molar-refractivity contribution in [2.45, 2.75) is 37.8 Å². The zero-order valence-corrected chi connectivity index (χ0v) is 18.0. The number of halogens is 1. The maximum Gasteiger partial charge on any atom is 0.319 e. The molecule has 8 heteroatoms. The second-order valence-electron chi connectivity index (χ2n) is 8.27. The van der Waals surface area contributed by atoms with Crippen LogP contribution in [0.5, 0.6) is 0 Å². The Bertz CT molecular complexity index is 724. The summed E-state index contributed by atoms with van der Waals surface area (Å²) in [5.41, 5.74) is 0.407. The van der Waals surface area contributed by atoms with Crippen molar-refractivity contribution in [2.24, 2.45) is 0 Å². The normalized spacial score (nSPS) is 19.9. The predicted octanol–water partition coefficient (Wildman–Crippen LogP) is 1.72. The number of likely N-dealkylation sites (tertiary alicyclic amines) is 1. The summed E-state index contributed by atoms with van der Waals surface area (Å²) in [6, 6.07) is 7.08. The molecule has 7 nitrogen and oxygen atoms in total. The monoisotopic (exact) mass is 420 g/mol. The lowest BCUT2D eigenvalue weighted by molar-refractivity contribution is -0.120. The van der Waals surface area contributed by atoms with Crippen LogP contribution < -0.4 is 5.32 Å². The second kappa shape index (κ2) is 10.7. The minimum absolute atomic E-state index is 0.0402. The van der Waals surface area contributed by atoms with Gasteiger partial charge in [0.25, 0.3) is 0 Å². The third-order valence-corrected chi connectivity index (χ3v) is 5.95. The molecule has 1 N–H and O–H groups in total. The van der Waals surface area contributed by atoms with E-state index in [9.17, 15) is 14.0 Å². The summed E-state index contributed by atoms with van der Waals surface area (Å²) < 4.78 is 19.3. The van der Waals surface area contributed by atoms with Crippen molar-refractivity contribution in [1.82, 2.24) is 20.0 Å². The lowest BCUT2D eigenvalue weighted by atomic mass is 10.0. The zero-order valence-electron chi connectivity index (χ0n) is 18.0. The number of rotatable bonds is 7. The number of benzene rings is 1. The maximum atomic E-state index is 13.8. The summed E-state index contributed by atoms with van der Waals surface area (Å²) in [6.07, 6.45) is 2.89. The van der Waals surface area contributed by atoms with Gasteiger partial charge < -0.3 is 19.9 Å². The van der Waals surface area contributed by atoms with Gasteiger partial charge in [-0.2, -0.15) is 0 Å². The van der Waals surface area contributed by atoms with Gasteiger partial charge in [0.05, 0.1) is 6.42 Å². The number of hydrogen-bond donors (Lipinski definition) is 1. The molecule has 2 aliphatic heterocycles. The summed E-state index contributed by atoms with van der Waals surface area (Å²) in [7, 11) is 3.55. The lowest BCUT2D eigenvalue weighted by Gasteiger charge is -2.38. The SMILES string of the molecule is CN(C)C(=O)N1CCC(N(CCNC(=O)Cc2ccccc2F)C2CCOCC2)C1. The first-order valence-electron chi connectivity index (χ1n) is 10.8. The lowest BCUT2D eigenvalue weighted by Crippen LogP contribution is -2.50. The molecule has 0 aromatic heterocycles. The van der Waals surface area contributed by atoms with Crippen molar-refractivity contribution in [1.29, 1.82) is 0 Å². The van der Waals surface area contributed by atoms with E-state index in [1.165, 1.54) is 6.07 Å². The molecule has 3 amide bonds. The Morgan fingerprint density at radius 1 is 1.17 bits per heavy atom. The third kappa shape index (κ3) is 5.92. The highest BCUT2D eigenvalue weighted by atomic mass is 19.1. The van der Waals surface area contributed by atoms with Crippen LogP contribution in [0, 0.1) is 5.82 Å². The molecule has 3 rings (SSSR count). The van der Waals surface area contributed by atoms with Crippen LogP contribution in [0.2, 0.25) is 0 Å². The first-order chi connectivity index (χ1) is 14.5. The van der Waals surface area contributed by atoms with Gasteiger partial charge in [-0.05, 0) is 30.9 Å². The first kappa shape index (κ1) is 22.5. The summed E-state index contributed by atoms with van der Waals surface area (Å²) in [5, 5.41) is 2.94. The van der Waals surface area contributed by atoms with Gasteiger partial charge in [0, 0.05) is 65.6 Å². The average molecular weight is 421 g/mol. The Hall–Kier alpha value is -2.19. The molecule has 1 aromatic rings. The van der Waals surface area contributed by atoms with Crippen LogP contribution in [-0.4, -0.2) is 92.2 Å². The maximum absolute atomic E-state index is 13.8. The molecule has 1 atom stereocenters. The van der Waals surface area contributed by atoms with Crippen molar-refractivity contribution in [3.63, 3.8) is 0 Å². The average Bonchev–Trinajstić information content (AvgIpc) is 3.22. The Balaban J connectivity index is 1.55. The molecule has 0 saturated carbocycles. The van der Waals surface area contributed by atoms with Crippen molar-refractivity contribution in [3.8, 4) is 0 Å². The number of nitrogens with one attached hydrogen (secondary N) is 1. The fourth-order valence-corrected chi connectivity index (χ4v) is 4.35. The van der Waals surface area contributed by atoms with E-state index < -0.39 is 0 Å². The van der Waals surface area contributed by atoms with Crippen LogP contribution in [0.15, 0.2) is 24.3 Å². The number of urea groups is 1. The van der Waals surface area contributed by atoms with Crippen molar-refractivity contribution in [2.75, 3.05) is 53.5 Å². The van der Waals surface area contributed by atoms with E-state index >= 15 is 0 Å². The van der Waals surface area contributed by atoms with E-state index in [0.29, 0.717) is 31.2 Å². The van der Waals surface area contributed by atoms with Gasteiger partial charge in [0.15, 0.2) is 0 Å². The minimum Gasteiger partial charge on any atom is -0.381 e. The number of carbonyl (C=O) groups excluding carboxylic acids is 2. The molecular weight excluding hydrogens is 387 g/mol. The Morgan fingerprint density at radius 2 is 1.90 bits per heavy atom. The van der Waals surface area contributed by atoms with Gasteiger partial charge in [-0.1, -0.05) is 18.2 Å². The van der Waals surface area contributed by atoms with Gasteiger partial charge in [-0.25, -0.2) is 9.18 Å². The van der Waals surface area contributed by atoms with Gasteiger partial charge in [-0.15, -0.1) is 0 Å². The van der Waals surface area contributed by atoms with E-state index in [-0.39, 0.29) is 30.2 Å². The van der Waals surface area contributed by atoms with Gasteiger partial charge in [0.1, 0.15) is 5.82 Å². The van der Waals surface area contributed by atoms with E-state index in [0.717, 1.165) is 39.0 Å². The number of carbonyl (C=O) groups is 2. The summed E-state index contributed by atoms with van der Waals surface area (Å²) in [5.74, 6) is -0.532. The third-order valence-electron chi connectivity index (χ3n) is 5.95. The molecule has 1 aromatic carbocycles. The van der Waals surface area contributed by atoms with Crippen LogP contribution in [-0.2, 0) is 16.0 Å². The molecule has 0 aliphatic carbocycles. The van der Waals surface area contributed by atoms with Gasteiger partial charge in [0.2, 0.25) is 5.91 Å². The molecule has 166 valence electrons. The fourth-order valence-electron chi connectivity index (χ4n) is 4.35. The van der Waals surface area contributed by atoms with E-state index in [1.807, 2.05) is 4.90 Å². The molecule has 0 radical (unpaired) electrons. The van der Waals surface area contributed by atoms with E-state index in [1.54, 1.807) is 37.2 Å². The van der Waals surface area contributed by atoms with Crippen molar-refractivity contribution < 1.29 is 18.7 Å². The topological polar surface area (TPSA) is 65.1 Å². The highest BCUT2D eigenvalue weighted by molar-refractivity contribution is 5.78. The number of amides is 3. The molecule has 2 aliphatic rings. The highest BCUT2D eigenvalue weighted by Crippen LogP contribution is 2.23. The number of nitrogens with zero attached hydrogens (tertiary/aromatic N) is 3. The highest BCUT2D eigenvalue weighted by Gasteiger charge is 2.34. The summed E-state index contributed by atoms with van der Waals surface area (Å²) >= 11 is 0. The Labute approximate surface area is 178 Å². The quantitative estimate of drug-likeness (QED) is 0.730. The van der Waals surface area contributed by atoms with E-state index in [4.69, 9.17) is 4.74 Å². The number of hydrogen-bond acceptors (Lipinski definition) is 4. The Morgan fingerprint density at radius 3 is 2.60 bits per heavy atom. The van der Waals surface area contributed by atoms with E-state index in [2.05, 4.69) is 10.2 Å².